The molecule has 0 atom stereocenters. The Balaban J connectivity index is 2.49. The molecule has 0 saturated heterocycles. The predicted octanol–water partition coefficient (Wildman–Crippen LogP) is 3.63. The molecule has 0 spiro atoms. The maximum Gasteiger partial charge on any atom is 0.123 e. The summed E-state index contributed by atoms with van der Waals surface area (Å²) < 4.78 is 12.7. The normalized spacial score (nSPS) is 10.3. The Bertz CT molecular complexity index is 453. The standard InChI is InChI=1S/C12H9ClFN/c13-8-10-2-1-7-15-12(10)9-3-5-11(14)6-4-9/h1-7H,8H2. The number of aromatic nitrogens is 1. The summed E-state index contributed by atoms with van der Waals surface area (Å²) in [6, 6.07) is 9.99. The average molecular weight is 222 g/mol. The van der Waals surface area contributed by atoms with Crippen molar-refractivity contribution in [1.82, 2.24) is 4.98 Å². The SMILES string of the molecule is Fc1ccc(-c2ncccc2CCl)cc1. The fraction of sp³-hybridized carbons (Fsp3) is 0.0833. The van der Waals surface area contributed by atoms with Gasteiger partial charge in [0.15, 0.2) is 0 Å². The first kappa shape index (κ1) is 10.1. The molecule has 0 N–H and O–H groups in total. The van der Waals surface area contributed by atoms with Crippen LogP contribution in [0.5, 0.6) is 0 Å². The molecule has 1 heterocycles. The molecule has 0 unspecified atom stereocenters. The molecule has 2 aromatic rings. The van der Waals surface area contributed by atoms with E-state index in [1.54, 1.807) is 18.3 Å². The minimum atomic E-state index is -0.248. The zero-order chi connectivity index (χ0) is 10.7. The first-order valence-corrected chi connectivity index (χ1v) is 5.10. The fourth-order valence-corrected chi connectivity index (χ4v) is 1.63. The lowest BCUT2D eigenvalue weighted by Crippen LogP contribution is -1.89. The number of rotatable bonds is 2. The van der Waals surface area contributed by atoms with Gasteiger partial charge in [0.2, 0.25) is 0 Å². The van der Waals surface area contributed by atoms with Crippen molar-refractivity contribution in [2.24, 2.45) is 0 Å². The quantitative estimate of drug-likeness (QED) is 0.706. The zero-order valence-corrected chi connectivity index (χ0v) is 8.71. The van der Waals surface area contributed by atoms with Crippen molar-refractivity contribution >= 4 is 11.6 Å². The first-order chi connectivity index (χ1) is 7.31. The number of halogens is 2. The molecular formula is C12H9ClFN. The summed E-state index contributed by atoms with van der Waals surface area (Å²) in [5.74, 6) is 0.155. The van der Waals surface area contributed by atoms with Crippen LogP contribution in [0.2, 0.25) is 0 Å². The Kier molecular flexibility index (Phi) is 2.97. The van der Waals surface area contributed by atoms with Crippen molar-refractivity contribution < 1.29 is 4.39 Å². The highest BCUT2D eigenvalue weighted by atomic mass is 35.5. The van der Waals surface area contributed by atoms with Crippen LogP contribution in [0.25, 0.3) is 11.3 Å². The number of pyridine rings is 1. The summed E-state index contributed by atoms with van der Waals surface area (Å²) in [7, 11) is 0. The lowest BCUT2D eigenvalue weighted by atomic mass is 10.1. The highest BCUT2D eigenvalue weighted by Crippen LogP contribution is 2.22. The topological polar surface area (TPSA) is 12.9 Å². The first-order valence-electron chi connectivity index (χ1n) is 4.57. The Morgan fingerprint density at radius 2 is 1.87 bits per heavy atom. The van der Waals surface area contributed by atoms with Crippen LogP contribution in [0.3, 0.4) is 0 Å². The van der Waals surface area contributed by atoms with Gasteiger partial charge >= 0.3 is 0 Å². The zero-order valence-electron chi connectivity index (χ0n) is 7.95. The molecule has 0 aliphatic heterocycles. The van der Waals surface area contributed by atoms with E-state index in [9.17, 15) is 4.39 Å². The van der Waals surface area contributed by atoms with Crippen molar-refractivity contribution in [2.75, 3.05) is 0 Å². The fourth-order valence-electron chi connectivity index (χ4n) is 1.41. The summed E-state index contributed by atoms with van der Waals surface area (Å²) >= 11 is 5.80. The third-order valence-corrected chi connectivity index (χ3v) is 2.44. The lowest BCUT2D eigenvalue weighted by molar-refractivity contribution is 0.628. The second-order valence-corrected chi connectivity index (χ2v) is 3.42. The predicted molar refractivity (Wildman–Crippen MR) is 59.2 cm³/mol. The smallest absolute Gasteiger partial charge is 0.123 e. The van der Waals surface area contributed by atoms with Crippen molar-refractivity contribution in [2.45, 2.75) is 5.88 Å². The lowest BCUT2D eigenvalue weighted by Gasteiger charge is -2.05. The molecule has 76 valence electrons. The minimum Gasteiger partial charge on any atom is -0.256 e. The van der Waals surface area contributed by atoms with Crippen LogP contribution in [0.4, 0.5) is 4.39 Å². The van der Waals surface area contributed by atoms with E-state index in [1.165, 1.54) is 12.1 Å². The van der Waals surface area contributed by atoms with E-state index in [4.69, 9.17) is 11.6 Å². The molecule has 1 aromatic carbocycles. The number of benzene rings is 1. The maximum absolute atomic E-state index is 12.7. The molecule has 15 heavy (non-hydrogen) atoms. The van der Waals surface area contributed by atoms with Gasteiger partial charge in [0.1, 0.15) is 5.82 Å². The van der Waals surface area contributed by atoms with Crippen LogP contribution < -0.4 is 0 Å². The molecule has 0 amide bonds. The van der Waals surface area contributed by atoms with E-state index in [0.29, 0.717) is 5.88 Å². The largest absolute Gasteiger partial charge is 0.256 e. The highest BCUT2D eigenvalue weighted by Gasteiger charge is 2.04. The van der Waals surface area contributed by atoms with E-state index in [2.05, 4.69) is 4.98 Å². The molecule has 0 radical (unpaired) electrons. The second-order valence-electron chi connectivity index (χ2n) is 3.15. The molecule has 0 aliphatic carbocycles. The summed E-state index contributed by atoms with van der Waals surface area (Å²) in [6.45, 7) is 0. The summed E-state index contributed by atoms with van der Waals surface area (Å²) in [5.41, 5.74) is 2.64. The number of nitrogens with zero attached hydrogens (tertiary/aromatic N) is 1. The van der Waals surface area contributed by atoms with E-state index in [1.807, 2.05) is 12.1 Å². The van der Waals surface area contributed by atoms with Crippen LogP contribution in [0.1, 0.15) is 5.56 Å². The molecule has 0 fully saturated rings. The monoisotopic (exact) mass is 221 g/mol. The third kappa shape index (κ3) is 2.16. The van der Waals surface area contributed by atoms with Gasteiger partial charge in [-0.1, -0.05) is 6.07 Å². The molecule has 3 heteroatoms. The highest BCUT2D eigenvalue weighted by molar-refractivity contribution is 6.17. The number of alkyl halides is 1. The second kappa shape index (κ2) is 4.41. The number of hydrogen-bond donors (Lipinski definition) is 0. The van der Waals surface area contributed by atoms with Crippen molar-refractivity contribution in [3.63, 3.8) is 0 Å². The van der Waals surface area contributed by atoms with Gasteiger partial charge in [0.25, 0.3) is 0 Å². The summed E-state index contributed by atoms with van der Waals surface area (Å²) in [4.78, 5) is 4.24. The molecule has 0 aliphatic rings. The molecule has 1 aromatic heterocycles. The summed E-state index contributed by atoms with van der Waals surface area (Å²) in [5, 5.41) is 0. The Morgan fingerprint density at radius 3 is 2.53 bits per heavy atom. The van der Waals surface area contributed by atoms with Crippen LogP contribution in [-0.4, -0.2) is 4.98 Å². The van der Waals surface area contributed by atoms with Gasteiger partial charge < -0.3 is 0 Å². The van der Waals surface area contributed by atoms with Gasteiger partial charge in [-0.3, -0.25) is 4.98 Å². The van der Waals surface area contributed by atoms with Crippen LogP contribution >= 0.6 is 11.6 Å². The Labute approximate surface area is 92.5 Å². The van der Waals surface area contributed by atoms with Gasteiger partial charge in [-0.25, -0.2) is 4.39 Å². The molecular weight excluding hydrogens is 213 g/mol. The van der Waals surface area contributed by atoms with E-state index in [0.717, 1.165) is 16.8 Å². The van der Waals surface area contributed by atoms with Crippen molar-refractivity contribution in [3.8, 4) is 11.3 Å². The van der Waals surface area contributed by atoms with E-state index in [-0.39, 0.29) is 5.82 Å². The van der Waals surface area contributed by atoms with Gasteiger partial charge in [-0.2, -0.15) is 0 Å². The molecule has 2 rings (SSSR count). The van der Waals surface area contributed by atoms with Gasteiger partial charge in [-0.15, -0.1) is 11.6 Å². The molecule has 1 nitrogen and oxygen atoms in total. The van der Waals surface area contributed by atoms with Crippen LogP contribution in [0, 0.1) is 5.82 Å². The van der Waals surface area contributed by atoms with Gasteiger partial charge in [0.05, 0.1) is 5.69 Å². The number of hydrogen-bond acceptors (Lipinski definition) is 1. The maximum atomic E-state index is 12.7. The average Bonchev–Trinajstić information content (AvgIpc) is 2.30. The van der Waals surface area contributed by atoms with Crippen molar-refractivity contribution in [1.29, 1.82) is 0 Å². The van der Waals surface area contributed by atoms with Crippen LogP contribution in [0.15, 0.2) is 42.6 Å². The Hall–Kier alpha value is -1.41. The van der Waals surface area contributed by atoms with Crippen LogP contribution in [-0.2, 0) is 5.88 Å². The summed E-state index contributed by atoms with van der Waals surface area (Å²) in [6.07, 6.45) is 1.70. The van der Waals surface area contributed by atoms with Crippen molar-refractivity contribution in [3.05, 3.63) is 54.0 Å². The third-order valence-electron chi connectivity index (χ3n) is 2.15. The van der Waals surface area contributed by atoms with Gasteiger partial charge in [0, 0.05) is 17.6 Å². The minimum absolute atomic E-state index is 0.248. The van der Waals surface area contributed by atoms with E-state index < -0.39 is 0 Å². The van der Waals surface area contributed by atoms with Gasteiger partial charge in [-0.05, 0) is 35.9 Å². The van der Waals surface area contributed by atoms with E-state index >= 15 is 0 Å². The molecule has 0 saturated carbocycles. The molecule has 0 bridgehead atoms. The Morgan fingerprint density at radius 1 is 1.13 bits per heavy atom.